The van der Waals surface area contributed by atoms with E-state index in [0.717, 1.165) is 18.5 Å². The van der Waals surface area contributed by atoms with Gasteiger partial charge in [-0.05, 0) is 32.4 Å². The van der Waals surface area contributed by atoms with E-state index in [1.807, 2.05) is 30.3 Å². The molecule has 0 aromatic heterocycles. The minimum Gasteiger partial charge on any atom is -0.309 e. The average molecular weight is 191 g/mol. The van der Waals surface area contributed by atoms with Gasteiger partial charge in [0.1, 0.15) is 0 Å². The van der Waals surface area contributed by atoms with E-state index < -0.39 is 0 Å². The van der Waals surface area contributed by atoms with E-state index in [4.69, 9.17) is 0 Å². The van der Waals surface area contributed by atoms with Gasteiger partial charge in [-0.2, -0.15) is 0 Å². The van der Waals surface area contributed by atoms with Crippen molar-refractivity contribution in [3.05, 3.63) is 30.3 Å². The Balaban J connectivity index is 2.99. The van der Waals surface area contributed by atoms with Gasteiger partial charge in [-0.25, -0.2) is 0 Å². The van der Waals surface area contributed by atoms with Crippen LogP contribution in [0.3, 0.4) is 0 Å². The second-order valence-corrected chi connectivity index (χ2v) is 3.98. The monoisotopic (exact) mass is 191 g/mol. The summed E-state index contributed by atoms with van der Waals surface area (Å²) in [5.41, 5.74) is 0.831. The number of rotatable bonds is 4. The van der Waals surface area contributed by atoms with Crippen molar-refractivity contribution >= 4 is 12.1 Å². The number of hydrogen-bond acceptors (Lipinski definition) is 1. The van der Waals surface area contributed by atoms with Crippen LogP contribution >= 0.6 is 0 Å². The highest BCUT2D eigenvalue weighted by Crippen LogP contribution is 2.24. The van der Waals surface area contributed by atoms with Crippen molar-refractivity contribution in [2.75, 3.05) is 4.90 Å². The molecule has 1 aromatic carbocycles. The fourth-order valence-electron chi connectivity index (χ4n) is 1.31. The zero-order chi connectivity index (χ0) is 10.6. The molecule has 0 aliphatic heterocycles. The quantitative estimate of drug-likeness (QED) is 0.670. The molecule has 2 heteroatoms. The van der Waals surface area contributed by atoms with Gasteiger partial charge in [0, 0.05) is 11.2 Å². The second kappa shape index (κ2) is 4.27. The van der Waals surface area contributed by atoms with Crippen molar-refractivity contribution in [2.24, 2.45) is 0 Å². The molecule has 1 aromatic rings. The molecule has 2 nitrogen and oxygen atoms in total. The predicted molar refractivity (Wildman–Crippen MR) is 59.4 cm³/mol. The summed E-state index contributed by atoms with van der Waals surface area (Å²) >= 11 is 0. The normalized spacial score (nSPS) is 11.1. The zero-order valence-corrected chi connectivity index (χ0v) is 9.03. The number of para-hydroxylation sites is 1. The zero-order valence-electron chi connectivity index (χ0n) is 9.03. The molecule has 0 aliphatic rings. The predicted octanol–water partition coefficient (Wildman–Crippen LogP) is 2.84. The molecule has 1 rings (SSSR count). The SMILES string of the molecule is CCC(C)(C)N(C=O)c1ccccc1. The van der Waals surface area contributed by atoms with Crippen LogP contribution in [0, 0.1) is 0 Å². The lowest BCUT2D eigenvalue weighted by Crippen LogP contribution is -2.42. The van der Waals surface area contributed by atoms with Crippen LogP contribution in [0.2, 0.25) is 0 Å². The lowest BCUT2D eigenvalue weighted by Gasteiger charge is -2.34. The topological polar surface area (TPSA) is 20.3 Å². The first kappa shape index (κ1) is 10.8. The molecule has 76 valence electrons. The smallest absolute Gasteiger partial charge is 0.214 e. The summed E-state index contributed by atoms with van der Waals surface area (Å²) in [6.07, 6.45) is 1.83. The number of benzene rings is 1. The van der Waals surface area contributed by atoms with Crippen molar-refractivity contribution < 1.29 is 4.79 Å². The van der Waals surface area contributed by atoms with Gasteiger partial charge >= 0.3 is 0 Å². The van der Waals surface area contributed by atoms with E-state index in [2.05, 4.69) is 20.8 Å². The molecule has 0 saturated heterocycles. The highest BCUT2D eigenvalue weighted by Gasteiger charge is 2.24. The van der Waals surface area contributed by atoms with Gasteiger partial charge in [0.05, 0.1) is 0 Å². The lowest BCUT2D eigenvalue weighted by atomic mass is 9.99. The molecule has 0 heterocycles. The summed E-state index contributed by atoms with van der Waals surface area (Å²) in [4.78, 5) is 12.8. The first-order chi connectivity index (χ1) is 6.61. The lowest BCUT2D eigenvalue weighted by molar-refractivity contribution is -0.108. The van der Waals surface area contributed by atoms with Gasteiger partial charge in [0.2, 0.25) is 6.41 Å². The van der Waals surface area contributed by atoms with Gasteiger partial charge in [-0.15, -0.1) is 0 Å². The first-order valence-corrected chi connectivity index (χ1v) is 4.91. The molecular formula is C12H17NO. The molecule has 0 spiro atoms. The van der Waals surface area contributed by atoms with Gasteiger partial charge in [0.15, 0.2) is 0 Å². The van der Waals surface area contributed by atoms with Crippen LogP contribution in [-0.4, -0.2) is 11.9 Å². The summed E-state index contributed by atoms with van der Waals surface area (Å²) in [6, 6.07) is 9.73. The van der Waals surface area contributed by atoms with E-state index in [1.54, 1.807) is 4.90 Å². The summed E-state index contributed by atoms with van der Waals surface area (Å²) in [7, 11) is 0. The molecule has 0 aliphatic carbocycles. The largest absolute Gasteiger partial charge is 0.309 e. The molecular weight excluding hydrogens is 174 g/mol. The van der Waals surface area contributed by atoms with E-state index in [0.29, 0.717) is 0 Å². The Hall–Kier alpha value is -1.31. The summed E-state index contributed by atoms with van der Waals surface area (Å²) in [6.45, 7) is 6.21. The van der Waals surface area contributed by atoms with E-state index in [1.165, 1.54) is 0 Å². The number of amides is 1. The Morgan fingerprint density at radius 2 is 1.86 bits per heavy atom. The Morgan fingerprint density at radius 1 is 1.29 bits per heavy atom. The Bertz CT molecular complexity index is 292. The number of carbonyl (C=O) groups excluding carboxylic acids is 1. The molecule has 1 amide bonds. The standard InChI is InChI=1S/C12H17NO/c1-4-12(2,3)13(10-14)11-8-6-5-7-9-11/h5-10H,4H2,1-3H3. The maximum atomic E-state index is 11.0. The van der Waals surface area contributed by atoms with E-state index in [9.17, 15) is 4.79 Å². The van der Waals surface area contributed by atoms with Crippen molar-refractivity contribution in [1.29, 1.82) is 0 Å². The average Bonchev–Trinajstić information content (AvgIpc) is 2.20. The minimum absolute atomic E-state index is 0.122. The third-order valence-electron chi connectivity index (χ3n) is 2.66. The first-order valence-electron chi connectivity index (χ1n) is 4.91. The van der Waals surface area contributed by atoms with Crippen LogP contribution in [-0.2, 0) is 4.79 Å². The number of nitrogens with zero attached hydrogens (tertiary/aromatic N) is 1. The third kappa shape index (κ3) is 2.13. The van der Waals surface area contributed by atoms with Crippen molar-refractivity contribution in [2.45, 2.75) is 32.7 Å². The van der Waals surface area contributed by atoms with E-state index >= 15 is 0 Å². The number of hydrogen-bond donors (Lipinski definition) is 0. The third-order valence-corrected chi connectivity index (χ3v) is 2.66. The van der Waals surface area contributed by atoms with E-state index in [-0.39, 0.29) is 5.54 Å². The number of carbonyl (C=O) groups is 1. The van der Waals surface area contributed by atoms with Crippen LogP contribution in [0.25, 0.3) is 0 Å². The van der Waals surface area contributed by atoms with Crippen LogP contribution in [0.1, 0.15) is 27.2 Å². The van der Waals surface area contributed by atoms with Gasteiger partial charge in [0.25, 0.3) is 0 Å². The Labute approximate surface area is 85.5 Å². The molecule has 0 unspecified atom stereocenters. The summed E-state index contributed by atoms with van der Waals surface area (Å²) in [5.74, 6) is 0. The highest BCUT2D eigenvalue weighted by atomic mass is 16.1. The maximum absolute atomic E-state index is 11.0. The summed E-state index contributed by atoms with van der Waals surface area (Å²) < 4.78 is 0. The molecule has 0 N–H and O–H groups in total. The molecule has 0 radical (unpaired) electrons. The van der Waals surface area contributed by atoms with Gasteiger partial charge in [-0.3, -0.25) is 4.79 Å². The highest BCUT2D eigenvalue weighted by molar-refractivity contribution is 5.76. The molecule has 14 heavy (non-hydrogen) atoms. The van der Waals surface area contributed by atoms with Crippen LogP contribution < -0.4 is 4.90 Å². The van der Waals surface area contributed by atoms with Crippen molar-refractivity contribution in [3.8, 4) is 0 Å². The number of anilines is 1. The Kier molecular flexibility index (Phi) is 3.28. The fraction of sp³-hybridized carbons (Fsp3) is 0.417. The summed E-state index contributed by atoms with van der Waals surface area (Å²) in [5, 5.41) is 0. The van der Waals surface area contributed by atoms with Crippen LogP contribution in [0.15, 0.2) is 30.3 Å². The van der Waals surface area contributed by atoms with Crippen LogP contribution in [0.5, 0.6) is 0 Å². The van der Waals surface area contributed by atoms with Crippen molar-refractivity contribution in [3.63, 3.8) is 0 Å². The maximum Gasteiger partial charge on any atom is 0.214 e. The van der Waals surface area contributed by atoms with Crippen LogP contribution in [0.4, 0.5) is 5.69 Å². The molecule has 0 fully saturated rings. The molecule has 0 bridgehead atoms. The fourth-order valence-corrected chi connectivity index (χ4v) is 1.31. The molecule has 0 saturated carbocycles. The molecule has 0 atom stereocenters. The van der Waals surface area contributed by atoms with Crippen molar-refractivity contribution in [1.82, 2.24) is 0 Å². The Morgan fingerprint density at radius 3 is 2.29 bits per heavy atom. The second-order valence-electron chi connectivity index (χ2n) is 3.98. The van der Waals surface area contributed by atoms with Gasteiger partial charge < -0.3 is 4.90 Å². The van der Waals surface area contributed by atoms with Gasteiger partial charge in [-0.1, -0.05) is 25.1 Å². The minimum atomic E-state index is -0.122.